The first-order valence-electron chi connectivity index (χ1n) is 7.19. The van der Waals surface area contributed by atoms with Gasteiger partial charge in [-0.2, -0.15) is 0 Å². The van der Waals surface area contributed by atoms with Gasteiger partial charge in [0.25, 0.3) is 0 Å². The van der Waals surface area contributed by atoms with Crippen molar-refractivity contribution in [1.29, 1.82) is 0 Å². The molecule has 4 heteroatoms. The zero-order valence-electron chi connectivity index (χ0n) is 12.2. The first kappa shape index (κ1) is 16.7. The third kappa shape index (κ3) is 3.39. The van der Waals surface area contributed by atoms with Gasteiger partial charge in [-0.05, 0) is 44.6 Å². The number of alkyl halides is 1. The number of aliphatic hydroxyl groups is 1. The summed E-state index contributed by atoms with van der Waals surface area (Å²) in [5.74, 6) is 0. The fourth-order valence-corrected chi connectivity index (χ4v) is 5.04. The van der Waals surface area contributed by atoms with Gasteiger partial charge in [-0.25, -0.2) is 0 Å². The second-order valence-corrected chi connectivity index (χ2v) is 8.90. The third-order valence-corrected chi connectivity index (χ3v) is 6.75. The quantitative estimate of drug-likeness (QED) is 0.543. The fraction of sp³-hybridized carbons (Fsp3) is 0.625. The summed E-state index contributed by atoms with van der Waals surface area (Å²) < 4.78 is 0.829. The summed E-state index contributed by atoms with van der Waals surface area (Å²) in [7, 11) is 4.16. The first-order chi connectivity index (χ1) is 9.37. The maximum absolute atomic E-state index is 11.3. The summed E-state index contributed by atoms with van der Waals surface area (Å²) in [4.78, 5) is 2.18. The molecule has 20 heavy (non-hydrogen) atoms. The molecule has 1 saturated carbocycles. The molecule has 1 aliphatic carbocycles. The maximum Gasteiger partial charge on any atom is 0.0882 e. The van der Waals surface area contributed by atoms with Crippen molar-refractivity contribution in [1.82, 2.24) is 4.90 Å². The average molecular weight is 452 g/mol. The van der Waals surface area contributed by atoms with Crippen LogP contribution in [0.1, 0.15) is 37.7 Å². The molecule has 2 rings (SSSR count). The van der Waals surface area contributed by atoms with Crippen LogP contribution < -0.4 is 0 Å². The van der Waals surface area contributed by atoms with Gasteiger partial charge in [-0.15, -0.1) is 0 Å². The highest BCUT2D eigenvalue weighted by molar-refractivity contribution is 14.1. The van der Waals surface area contributed by atoms with Gasteiger partial charge in [-0.3, -0.25) is 0 Å². The molecule has 1 unspecified atom stereocenters. The largest absolute Gasteiger partial charge is 0.388 e. The van der Waals surface area contributed by atoms with E-state index in [1.54, 1.807) is 0 Å². The summed E-state index contributed by atoms with van der Waals surface area (Å²) in [5, 5.41) is 11.3. The van der Waals surface area contributed by atoms with Crippen molar-refractivity contribution in [2.24, 2.45) is 0 Å². The number of benzene rings is 1. The minimum atomic E-state index is -0.607. The molecule has 0 spiro atoms. The van der Waals surface area contributed by atoms with E-state index in [0.717, 1.165) is 36.7 Å². The molecule has 1 aromatic rings. The molecule has 1 atom stereocenters. The van der Waals surface area contributed by atoms with E-state index >= 15 is 0 Å². The lowest BCUT2D eigenvalue weighted by Crippen LogP contribution is -2.53. The Hall–Kier alpha value is 0.350. The molecule has 2 nitrogen and oxygen atoms in total. The molecule has 0 radical (unpaired) electrons. The van der Waals surface area contributed by atoms with Crippen molar-refractivity contribution < 1.29 is 5.11 Å². The molecule has 0 aromatic heterocycles. The van der Waals surface area contributed by atoms with Gasteiger partial charge in [0.15, 0.2) is 0 Å². The number of hydrogen-bond donors (Lipinski definition) is 1. The molecular weight excluding hydrogens is 429 g/mol. The Bertz CT molecular complexity index is 442. The monoisotopic (exact) mass is 451 g/mol. The topological polar surface area (TPSA) is 23.5 Å². The summed E-state index contributed by atoms with van der Waals surface area (Å²) >= 11 is 5.99. The Labute approximate surface area is 144 Å². The van der Waals surface area contributed by atoms with E-state index in [2.05, 4.69) is 81.8 Å². The summed E-state index contributed by atoms with van der Waals surface area (Å²) in [6.45, 7) is 0.853. The van der Waals surface area contributed by atoms with E-state index in [1.165, 1.54) is 12.0 Å². The lowest BCUT2D eigenvalue weighted by Gasteiger charge is -2.47. The van der Waals surface area contributed by atoms with Crippen LogP contribution in [0.4, 0.5) is 0 Å². The lowest BCUT2D eigenvalue weighted by molar-refractivity contribution is -0.0347. The van der Waals surface area contributed by atoms with Crippen LogP contribution in [0.25, 0.3) is 0 Å². The smallest absolute Gasteiger partial charge is 0.0882 e. The molecule has 0 aliphatic heterocycles. The minimum Gasteiger partial charge on any atom is -0.388 e. The fourth-order valence-electron chi connectivity index (χ4n) is 3.19. The van der Waals surface area contributed by atoms with E-state index < -0.39 is 5.60 Å². The number of likely N-dealkylation sites (N-methyl/N-ethyl adjacent to an activating group) is 1. The molecule has 112 valence electrons. The SMILES string of the molecule is CN(C)CC(I)(c1ccc(Br)cc1)C1(O)CCCCC1. The van der Waals surface area contributed by atoms with Crippen LogP contribution in [0.15, 0.2) is 28.7 Å². The summed E-state index contributed by atoms with van der Waals surface area (Å²) in [6, 6.07) is 8.44. The zero-order valence-corrected chi connectivity index (χ0v) is 15.9. The van der Waals surface area contributed by atoms with E-state index in [-0.39, 0.29) is 3.42 Å². The van der Waals surface area contributed by atoms with Crippen molar-refractivity contribution >= 4 is 38.5 Å². The third-order valence-electron chi connectivity index (χ3n) is 4.25. The second kappa shape index (κ2) is 6.63. The van der Waals surface area contributed by atoms with Gasteiger partial charge in [-0.1, -0.05) is 69.9 Å². The van der Waals surface area contributed by atoms with Crippen molar-refractivity contribution in [3.8, 4) is 0 Å². The van der Waals surface area contributed by atoms with Crippen molar-refractivity contribution in [3.63, 3.8) is 0 Å². The molecule has 0 bridgehead atoms. The Balaban J connectivity index is 2.41. The van der Waals surface area contributed by atoms with Gasteiger partial charge < -0.3 is 10.0 Å². The zero-order chi connectivity index (χ0) is 14.8. The van der Waals surface area contributed by atoms with Crippen molar-refractivity contribution in [2.75, 3.05) is 20.6 Å². The normalized spacial score (nSPS) is 21.7. The molecule has 1 N–H and O–H groups in total. The molecule has 0 saturated heterocycles. The molecule has 1 fully saturated rings. The highest BCUT2D eigenvalue weighted by Gasteiger charge is 2.50. The minimum absolute atomic E-state index is 0.255. The van der Waals surface area contributed by atoms with Crippen LogP contribution in [0.3, 0.4) is 0 Å². The van der Waals surface area contributed by atoms with Crippen LogP contribution in [0, 0.1) is 0 Å². The highest BCUT2D eigenvalue weighted by atomic mass is 127. The Morgan fingerprint density at radius 3 is 2.25 bits per heavy atom. The number of rotatable bonds is 4. The molecule has 1 aromatic carbocycles. The number of nitrogens with zero attached hydrogens (tertiary/aromatic N) is 1. The van der Waals surface area contributed by atoms with Crippen molar-refractivity contribution in [2.45, 2.75) is 41.1 Å². The Morgan fingerprint density at radius 2 is 1.75 bits per heavy atom. The molecule has 0 amide bonds. The Kier molecular flexibility index (Phi) is 5.54. The molecular formula is C16H23BrINO. The van der Waals surface area contributed by atoms with Gasteiger partial charge >= 0.3 is 0 Å². The van der Waals surface area contributed by atoms with E-state index in [1.807, 2.05) is 0 Å². The highest BCUT2D eigenvalue weighted by Crippen LogP contribution is 2.49. The van der Waals surface area contributed by atoms with Crippen LogP contribution in [0.5, 0.6) is 0 Å². The van der Waals surface area contributed by atoms with E-state index in [4.69, 9.17) is 0 Å². The predicted molar refractivity (Wildman–Crippen MR) is 96.4 cm³/mol. The van der Waals surface area contributed by atoms with Gasteiger partial charge in [0.1, 0.15) is 0 Å². The predicted octanol–water partition coefficient (Wildman–Crippen LogP) is 4.34. The summed E-state index contributed by atoms with van der Waals surface area (Å²) in [6.07, 6.45) is 5.31. The average Bonchev–Trinajstić information content (AvgIpc) is 2.39. The Morgan fingerprint density at radius 1 is 1.20 bits per heavy atom. The lowest BCUT2D eigenvalue weighted by atomic mass is 9.72. The van der Waals surface area contributed by atoms with Crippen LogP contribution in [0.2, 0.25) is 0 Å². The first-order valence-corrected chi connectivity index (χ1v) is 9.07. The molecule has 1 aliphatic rings. The second-order valence-electron chi connectivity index (χ2n) is 6.14. The van der Waals surface area contributed by atoms with E-state index in [0.29, 0.717) is 0 Å². The number of hydrogen-bond acceptors (Lipinski definition) is 2. The van der Waals surface area contributed by atoms with Crippen LogP contribution >= 0.6 is 38.5 Å². The van der Waals surface area contributed by atoms with Crippen molar-refractivity contribution in [3.05, 3.63) is 34.3 Å². The van der Waals surface area contributed by atoms with Crippen LogP contribution in [-0.2, 0) is 3.42 Å². The maximum atomic E-state index is 11.3. The van der Waals surface area contributed by atoms with Crippen LogP contribution in [-0.4, -0.2) is 36.2 Å². The summed E-state index contributed by atoms with van der Waals surface area (Å²) in [5.41, 5.74) is 0.614. The molecule has 0 heterocycles. The van der Waals surface area contributed by atoms with E-state index in [9.17, 15) is 5.11 Å². The van der Waals surface area contributed by atoms with Gasteiger partial charge in [0.05, 0.1) is 9.02 Å². The van der Waals surface area contributed by atoms with Gasteiger partial charge in [0.2, 0.25) is 0 Å². The number of halogens is 2. The van der Waals surface area contributed by atoms with Gasteiger partial charge in [0, 0.05) is 11.0 Å². The standard InChI is InChI=1S/C16H23BrINO/c1-19(2)12-16(18,13-6-8-14(17)9-7-13)15(20)10-4-3-5-11-15/h6-9,20H,3-5,10-12H2,1-2H3.